The molecule has 90 valence electrons. The molecule has 0 spiro atoms. The summed E-state index contributed by atoms with van der Waals surface area (Å²) in [5.74, 6) is 0. The molecule has 0 aromatic carbocycles. The highest BCUT2D eigenvalue weighted by molar-refractivity contribution is 6.29. The van der Waals surface area contributed by atoms with E-state index in [1.54, 1.807) is 0 Å². The molecule has 0 fully saturated rings. The van der Waals surface area contributed by atoms with Crippen molar-refractivity contribution in [3.63, 3.8) is 0 Å². The van der Waals surface area contributed by atoms with E-state index in [1.165, 1.54) is 0 Å². The summed E-state index contributed by atoms with van der Waals surface area (Å²) in [7, 11) is 4.03. The molecule has 0 aromatic rings. The van der Waals surface area contributed by atoms with Gasteiger partial charge in [0.15, 0.2) is 0 Å². The number of nitrogens with one attached hydrogen (secondary N) is 2. The topological polar surface area (TPSA) is 27.3 Å². The second-order valence-electron chi connectivity index (χ2n) is 3.77. The maximum absolute atomic E-state index is 6.01. The first-order valence-electron chi connectivity index (χ1n) is 5.51. The van der Waals surface area contributed by atoms with Crippen LogP contribution in [-0.4, -0.2) is 38.4 Å². The van der Waals surface area contributed by atoms with Crippen LogP contribution in [0.1, 0.15) is 26.7 Å². The highest BCUT2D eigenvalue weighted by Crippen LogP contribution is 2.11. The monoisotopic (exact) mass is 233 g/mol. The highest BCUT2D eigenvalue weighted by Gasteiger charge is 2.07. The van der Waals surface area contributed by atoms with Crippen LogP contribution in [0.4, 0.5) is 0 Å². The van der Waals surface area contributed by atoms with E-state index in [0.29, 0.717) is 6.04 Å². The van der Waals surface area contributed by atoms with Gasteiger partial charge in [0.05, 0.1) is 0 Å². The van der Waals surface area contributed by atoms with Gasteiger partial charge in [-0.15, -0.1) is 0 Å². The van der Waals surface area contributed by atoms with Gasteiger partial charge in [-0.25, -0.2) is 0 Å². The van der Waals surface area contributed by atoms with Gasteiger partial charge in [-0.3, -0.25) is 4.90 Å². The van der Waals surface area contributed by atoms with E-state index in [0.717, 1.165) is 31.2 Å². The molecule has 4 heteroatoms. The summed E-state index contributed by atoms with van der Waals surface area (Å²) in [5.41, 5.74) is 0. The van der Waals surface area contributed by atoms with Crippen LogP contribution < -0.4 is 10.6 Å². The van der Waals surface area contributed by atoms with Crippen LogP contribution in [-0.2, 0) is 0 Å². The Morgan fingerprint density at radius 2 is 2.13 bits per heavy atom. The molecule has 3 nitrogen and oxygen atoms in total. The van der Waals surface area contributed by atoms with Crippen molar-refractivity contribution in [1.82, 2.24) is 15.5 Å². The Labute approximate surface area is 98.9 Å². The van der Waals surface area contributed by atoms with Gasteiger partial charge in [0.2, 0.25) is 0 Å². The lowest BCUT2D eigenvalue weighted by Gasteiger charge is -2.22. The third-order valence-corrected chi connectivity index (χ3v) is 2.70. The fourth-order valence-corrected chi connectivity index (χ4v) is 1.51. The number of allylic oxidation sites excluding steroid dienone is 1. The molecule has 0 aliphatic carbocycles. The fraction of sp³-hybridized carbons (Fsp3) is 0.818. The van der Waals surface area contributed by atoms with E-state index < -0.39 is 0 Å². The van der Waals surface area contributed by atoms with Gasteiger partial charge >= 0.3 is 0 Å². The number of rotatable bonds is 8. The van der Waals surface area contributed by atoms with Gasteiger partial charge in [-0.05, 0) is 33.9 Å². The largest absolute Gasteiger partial charge is 0.307 e. The van der Waals surface area contributed by atoms with Gasteiger partial charge < -0.3 is 10.6 Å². The average Bonchev–Trinajstić information content (AvgIpc) is 2.24. The van der Waals surface area contributed by atoms with E-state index in [4.69, 9.17) is 11.6 Å². The number of halogens is 1. The Morgan fingerprint density at radius 1 is 1.47 bits per heavy atom. The number of hydrogen-bond donors (Lipinski definition) is 2. The molecule has 1 atom stereocenters. The number of hydrogen-bond acceptors (Lipinski definition) is 3. The predicted molar refractivity (Wildman–Crippen MR) is 68.0 cm³/mol. The zero-order chi connectivity index (χ0) is 11.7. The van der Waals surface area contributed by atoms with Crippen molar-refractivity contribution in [1.29, 1.82) is 0 Å². The van der Waals surface area contributed by atoms with Crippen LogP contribution in [0, 0.1) is 0 Å². The number of nitrogens with zero attached hydrogens (tertiary/aromatic N) is 1. The van der Waals surface area contributed by atoms with E-state index in [1.807, 2.05) is 20.0 Å². The molecule has 0 saturated heterocycles. The van der Waals surface area contributed by atoms with Crippen LogP contribution >= 0.6 is 11.6 Å². The standard InChI is InChI=1S/C11H24ClN3/c1-5-10(12)7-11(6-2)14-9-15(4)8-13-3/h5,11,13-14H,6-9H2,1-4H3/b10-5-. The Hall–Kier alpha value is -0.0900. The van der Waals surface area contributed by atoms with E-state index in [2.05, 4.69) is 29.5 Å². The van der Waals surface area contributed by atoms with Crippen LogP contribution in [0.15, 0.2) is 11.1 Å². The first-order valence-corrected chi connectivity index (χ1v) is 5.89. The molecule has 0 saturated carbocycles. The summed E-state index contributed by atoms with van der Waals surface area (Å²) in [6, 6.07) is 0.466. The Balaban J connectivity index is 3.79. The SMILES string of the molecule is C/C=C(\Cl)CC(CC)NCN(C)CNC. The minimum atomic E-state index is 0.466. The molecular weight excluding hydrogens is 210 g/mol. The minimum Gasteiger partial charge on any atom is -0.307 e. The van der Waals surface area contributed by atoms with Crippen molar-refractivity contribution in [2.45, 2.75) is 32.7 Å². The summed E-state index contributed by atoms with van der Waals surface area (Å²) < 4.78 is 0. The molecule has 1 unspecified atom stereocenters. The molecule has 0 amide bonds. The zero-order valence-electron chi connectivity index (χ0n) is 10.3. The smallest absolute Gasteiger partial charge is 0.0491 e. The highest BCUT2D eigenvalue weighted by atomic mass is 35.5. The summed E-state index contributed by atoms with van der Waals surface area (Å²) in [6.45, 7) is 5.92. The van der Waals surface area contributed by atoms with Crippen molar-refractivity contribution in [3.05, 3.63) is 11.1 Å². The third-order valence-electron chi connectivity index (χ3n) is 2.33. The van der Waals surface area contributed by atoms with Crippen molar-refractivity contribution < 1.29 is 0 Å². The van der Waals surface area contributed by atoms with Crippen molar-refractivity contribution >= 4 is 11.6 Å². The lowest BCUT2D eigenvalue weighted by molar-refractivity contribution is 0.272. The maximum Gasteiger partial charge on any atom is 0.0491 e. The molecule has 0 aliphatic heterocycles. The van der Waals surface area contributed by atoms with Crippen LogP contribution in [0.5, 0.6) is 0 Å². The van der Waals surface area contributed by atoms with Crippen LogP contribution in [0.2, 0.25) is 0 Å². The van der Waals surface area contributed by atoms with Gasteiger partial charge in [0.1, 0.15) is 0 Å². The first kappa shape index (κ1) is 14.9. The van der Waals surface area contributed by atoms with E-state index >= 15 is 0 Å². The lowest BCUT2D eigenvalue weighted by Crippen LogP contribution is -2.41. The molecule has 0 radical (unpaired) electrons. The maximum atomic E-state index is 6.01. The van der Waals surface area contributed by atoms with E-state index in [9.17, 15) is 0 Å². The average molecular weight is 234 g/mol. The van der Waals surface area contributed by atoms with Gasteiger partial charge in [0, 0.05) is 24.4 Å². The summed E-state index contributed by atoms with van der Waals surface area (Å²) in [5, 5.41) is 7.53. The van der Waals surface area contributed by atoms with Gasteiger partial charge in [-0.2, -0.15) is 0 Å². The Kier molecular flexibility index (Phi) is 9.10. The zero-order valence-corrected chi connectivity index (χ0v) is 11.1. The molecule has 0 aliphatic rings. The van der Waals surface area contributed by atoms with E-state index in [-0.39, 0.29) is 0 Å². The Bertz CT molecular complexity index is 183. The Morgan fingerprint density at radius 3 is 2.60 bits per heavy atom. The van der Waals surface area contributed by atoms with Gasteiger partial charge in [-0.1, -0.05) is 24.6 Å². The molecule has 0 heterocycles. The second kappa shape index (κ2) is 9.16. The van der Waals surface area contributed by atoms with Crippen molar-refractivity contribution in [2.75, 3.05) is 27.4 Å². The predicted octanol–water partition coefficient (Wildman–Crippen LogP) is 1.95. The molecular formula is C11H24ClN3. The van der Waals surface area contributed by atoms with Gasteiger partial charge in [0.25, 0.3) is 0 Å². The molecule has 0 rings (SSSR count). The first-order chi connectivity index (χ1) is 7.13. The molecule has 15 heavy (non-hydrogen) atoms. The fourth-order valence-electron chi connectivity index (χ4n) is 1.32. The summed E-state index contributed by atoms with van der Waals surface area (Å²) >= 11 is 6.01. The molecule has 0 bridgehead atoms. The minimum absolute atomic E-state index is 0.466. The normalized spacial score (nSPS) is 14.7. The quantitative estimate of drug-likeness (QED) is 0.628. The van der Waals surface area contributed by atoms with Crippen molar-refractivity contribution in [2.24, 2.45) is 0 Å². The second-order valence-corrected chi connectivity index (χ2v) is 4.26. The van der Waals surface area contributed by atoms with Crippen molar-refractivity contribution in [3.8, 4) is 0 Å². The lowest BCUT2D eigenvalue weighted by atomic mass is 10.1. The summed E-state index contributed by atoms with van der Waals surface area (Å²) in [6.07, 6.45) is 3.97. The summed E-state index contributed by atoms with van der Waals surface area (Å²) in [4.78, 5) is 2.19. The molecule has 2 N–H and O–H groups in total. The van der Waals surface area contributed by atoms with Crippen LogP contribution in [0.25, 0.3) is 0 Å². The molecule has 0 aromatic heterocycles. The third kappa shape index (κ3) is 7.79. The van der Waals surface area contributed by atoms with Crippen LogP contribution in [0.3, 0.4) is 0 Å².